The van der Waals surface area contributed by atoms with E-state index < -0.39 is 120 Å². The maximum absolute atomic E-state index is 13.9. The number of aliphatic hydroxyl groups excluding tert-OH is 6. The van der Waals surface area contributed by atoms with E-state index in [1.165, 1.54) is 0 Å². The zero-order chi connectivity index (χ0) is 35.2. The fourth-order valence-corrected chi connectivity index (χ4v) is 9.68. The molecule has 2 saturated carbocycles. The Labute approximate surface area is 275 Å². The van der Waals surface area contributed by atoms with Gasteiger partial charge in [0.1, 0.15) is 36.6 Å². The van der Waals surface area contributed by atoms with Gasteiger partial charge in [0.25, 0.3) is 0 Å². The van der Waals surface area contributed by atoms with Crippen LogP contribution in [0.1, 0.15) is 40.5 Å². The number of esters is 3. The van der Waals surface area contributed by atoms with Gasteiger partial charge in [0.2, 0.25) is 18.0 Å². The molecular formula is C32H42O16. The van der Waals surface area contributed by atoms with Crippen molar-refractivity contribution in [2.45, 2.75) is 101 Å². The number of carbonyl (C=O) groups is 4. The van der Waals surface area contributed by atoms with Gasteiger partial charge in [-0.2, -0.15) is 0 Å². The molecule has 0 aromatic carbocycles. The molecule has 1 spiro atoms. The lowest BCUT2D eigenvalue weighted by Crippen LogP contribution is -2.79. The molecule has 0 aromatic rings. The minimum Gasteiger partial charge on any atom is -0.467 e. The van der Waals surface area contributed by atoms with Crippen molar-refractivity contribution in [3.63, 3.8) is 0 Å². The molecule has 3 heterocycles. The van der Waals surface area contributed by atoms with Gasteiger partial charge in [-0.05, 0) is 44.1 Å². The van der Waals surface area contributed by atoms with E-state index in [1.54, 1.807) is 27.7 Å². The highest BCUT2D eigenvalue weighted by molar-refractivity contribution is 5.96. The zero-order valence-electron chi connectivity index (χ0n) is 27.1. The number of aliphatic hydroxyl groups is 6. The summed E-state index contributed by atoms with van der Waals surface area (Å²) in [7, 11) is 1.06. The third-order valence-corrected chi connectivity index (χ3v) is 11.5. The molecule has 0 radical (unpaired) electrons. The Morgan fingerprint density at radius 3 is 2.33 bits per heavy atom. The second-order valence-corrected chi connectivity index (χ2v) is 14.3. The fourth-order valence-electron chi connectivity index (χ4n) is 9.68. The van der Waals surface area contributed by atoms with Crippen LogP contribution in [0.3, 0.4) is 0 Å². The van der Waals surface area contributed by atoms with Gasteiger partial charge >= 0.3 is 17.9 Å². The number of rotatable bonds is 6. The molecule has 0 unspecified atom stereocenters. The van der Waals surface area contributed by atoms with Crippen molar-refractivity contribution in [1.29, 1.82) is 0 Å². The predicted octanol–water partition coefficient (Wildman–Crippen LogP) is -2.22. The number of carbonyl (C=O) groups excluding carboxylic acids is 4. The summed E-state index contributed by atoms with van der Waals surface area (Å²) >= 11 is 0. The van der Waals surface area contributed by atoms with Gasteiger partial charge in [0.15, 0.2) is 11.5 Å². The first kappa shape index (κ1) is 34.9. The predicted molar refractivity (Wildman–Crippen MR) is 155 cm³/mol. The van der Waals surface area contributed by atoms with Crippen molar-refractivity contribution in [3.05, 3.63) is 23.0 Å². The van der Waals surface area contributed by atoms with Gasteiger partial charge in [-0.1, -0.05) is 12.5 Å². The van der Waals surface area contributed by atoms with Gasteiger partial charge in [0.05, 0.1) is 32.3 Å². The van der Waals surface area contributed by atoms with Crippen molar-refractivity contribution in [2.24, 2.45) is 28.6 Å². The molecule has 15 atom stereocenters. The number of fused-ring (bicyclic) bond motifs is 2. The topological polar surface area (TPSA) is 245 Å². The molecule has 6 aliphatic rings. The van der Waals surface area contributed by atoms with E-state index in [-0.39, 0.29) is 25.2 Å². The van der Waals surface area contributed by atoms with Crippen molar-refractivity contribution >= 4 is 23.7 Å². The molecule has 6 N–H and O–H groups in total. The Morgan fingerprint density at radius 2 is 1.71 bits per heavy atom. The Kier molecular flexibility index (Phi) is 8.60. The van der Waals surface area contributed by atoms with Crippen LogP contribution in [0, 0.1) is 28.6 Å². The van der Waals surface area contributed by atoms with E-state index in [0.717, 1.165) is 13.2 Å². The maximum Gasteiger partial charge on any atom is 0.348 e. The fraction of sp³-hybridized carbons (Fsp3) is 0.750. The highest BCUT2D eigenvalue weighted by atomic mass is 16.7. The minimum atomic E-state index is -2.32. The Balaban J connectivity index is 1.45. The minimum absolute atomic E-state index is 0.0357. The lowest BCUT2D eigenvalue weighted by atomic mass is 9.38. The summed E-state index contributed by atoms with van der Waals surface area (Å²) in [6.45, 7) is 5.57. The first-order valence-electron chi connectivity index (χ1n) is 15.9. The average molecular weight is 683 g/mol. The summed E-state index contributed by atoms with van der Waals surface area (Å²) in [4.78, 5) is 54.0. The summed E-state index contributed by atoms with van der Waals surface area (Å²) in [6, 6.07) is 0. The Morgan fingerprint density at radius 1 is 1.02 bits per heavy atom. The molecule has 48 heavy (non-hydrogen) atoms. The van der Waals surface area contributed by atoms with Gasteiger partial charge < -0.3 is 59.1 Å². The van der Waals surface area contributed by atoms with Gasteiger partial charge in [0, 0.05) is 23.8 Å². The van der Waals surface area contributed by atoms with Crippen molar-refractivity contribution in [2.75, 3.05) is 20.3 Å². The summed E-state index contributed by atoms with van der Waals surface area (Å²) in [6.07, 6.45) is -13.7. The Bertz CT molecular complexity index is 1450. The van der Waals surface area contributed by atoms with Crippen molar-refractivity contribution in [1.82, 2.24) is 0 Å². The second kappa shape index (κ2) is 11.8. The molecular weight excluding hydrogens is 640 g/mol. The highest BCUT2D eigenvalue weighted by Crippen LogP contribution is 2.73. The lowest BCUT2D eigenvalue weighted by Gasteiger charge is -2.67. The van der Waals surface area contributed by atoms with Crippen LogP contribution in [-0.4, -0.2) is 135 Å². The summed E-state index contributed by atoms with van der Waals surface area (Å²) in [5.74, 6) is -6.88. The smallest absolute Gasteiger partial charge is 0.348 e. The zero-order valence-corrected chi connectivity index (χ0v) is 27.1. The molecule has 0 amide bonds. The van der Waals surface area contributed by atoms with E-state index in [2.05, 4.69) is 0 Å². The summed E-state index contributed by atoms with van der Waals surface area (Å²) in [5.41, 5.74) is -4.04. The van der Waals surface area contributed by atoms with Crippen LogP contribution < -0.4 is 0 Å². The van der Waals surface area contributed by atoms with Crippen molar-refractivity contribution in [3.8, 4) is 0 Å². The van der Waals surface area contributed by atoms with Crippen LogP contribution >= 0.6 is 0 Å². The number of allylic oxidation sites excluding steroid dienone is 3. The maximum atomic E-state index is 13.9. The van der Waals surface area contributed by atoms with Crippen LogP contribution in [0.15, 0.2) is 23.0 Å². The van der Waals surface area contributed by atoms with Crippen LogP contribution in [0.5, 0.6) is 0 Å². The number of hydrogen-bond acceptors (Lipinski definition) is 16. The molecule has 16 heteroatoms. The molecule has 16 nitrogen and oxygen atoms in total. The Hall–Kier alpha value is -2.96. The largest absolute Gasteiger partial charge is 0.467 e. The molecule has 3 aliphatic carbocycles. The number of hydrogen-bond donors (Lipinski definition) is 6. The summed E-state index contributed by atoms with van der Waals surface area (Å²) in [5, 5.41) is 64.3. The van der Waals surface area contributed by atoms with Gasteiger partial charge in [-0.3, -0.25) is 4.79 Å². The molecule has 3 aliphatic heterocycles. The third kappa shape index (κ3) is 4.57. The number of ether oxygens (including phenoxy) is 6. The van der Waals surface area contributed by atoms with E-state index in [1.807, 2.05) is 0 Å². The molecule has 3 saturated heterocycles. The van der Waals surface area contributed by atoms with Crippen molar-refractivity contribution < 1.29 is 78.2 Å². The van der Waals surface area contributed by atoms with Crippen LogP contribution in [0.2, 0.25) is 0 Å². The molecule has 6 rings (SSSR count). The standard InChI is InChI=1S/C32H42O16/c1-11(2)6-17(35)47-23-25-31-10-44-32(25,29(42)43-5)26(40)21(39)24(31)30(4)8-14(34)22(12(3)13(30)7-16(31)46-27(23)41)48-28-20(38)19(37)18(36)15(9-33)45-28/h6,13,15-16,18-21,23-26,28,33,36-40H,7-10H2,1-5H3/t13-,15+,16+,18-,19-,20+,21+,23+,24+,25-,26-,28-,30-,31-,32-/m0/s1. The second-order valence-electron chi connectivity index (χ2n) is 14.3. The van der Waals surface area contributed by atoms with E-state index >= 15 is 0 Å². The first-order valence-corrected chi connectivity index (χ1v) is 15.9. The third-order valence-electron chi connectivity index (χ3n) is 11.5. The van der Waals surface area contributed by atoms with Crippen LogP contribution in [-0.2, 0) is 47.6 Å². The number of methoxy groups -OCH3 is 1. The lowest BCUT2D eigenvalue weighted by molar-refractivity contribution is -0.296. The van der Waals surface area contributed by atoms with Gasteiger partial charge in [-0.25, -0.2) is 14.4 Å². The van der Waals surface area contributed by atoms with Crippen LogP contribution in [0.4, 0.5) is 0 Å². The van der Waals surface area contributed by atoms with E-state index in [9.17, 15) is 49.8 Å². The SMILES string of the molecule is COC(=O)[C@@]12OC[C@@]34[C@H]([C@@H](O)[C@@H]1O)[C@@]1(C)CC(=O)C(O[C@@H]5O[C@H](CO)[C@H](O)[C@H](O)[C@H]5O)=C(C)[C@@H]1C[C@H]3OC(=O)[C@H](OC(=O)C=C(C)C)[C@H]24. The molecule has 266 valence electrons. The highest BCUT2D eigenvalue weighted by Gasteiger charge is 2.85. The number of Topliss-reactive ketones (excluding diaryl/α,β-unsaturated/α-hetero) is 1. The number of ketones is 1. The van der Waals surface area contributed by atoms with E-state index in [4.69, 9.17) is 28.4 Å². The first-order chi connectivity index (χ1) is 22.5. The molecule has 0 aromatic heterocycles. The molecule has 5 fully saturated rings. The average Bonchev–Trinajstić information content (AvgIpc) is 3.33. The summed E-state index contributed by atoms with van der Waals surface area (Å²) < 4.78 is 34.1. The quantitative estimate of drug-likeness (QED) is 0.0987. The van der Waals surface area contributed by atoms with Crippen LogP contribution in [0.25, 0.3) is 0 Å². The van der Waals surface area contributed by atoms with E-state index in [0.29, 0.717) is 11.1 Å². The molecule has 2 bridgehead atoms. The van der Waals surface area contributed by atoms with Gasteiger partial charge in [-0.15, -0.1) is 0 Å². The normalized spacial score (nSPS) is 47.7. The monoisotopic (exact) mass is 682 g/mol.